The molecule has 0 aliphatic heterocycles. The SMILES string of the molecule is C=C/C=C(\C=C)C[C@H](N)C(N)=O. The first-order valence-electron chi connectivity index (χ1n) is 3.60. The second-order valence-electron chi connectivity index (χ2n) is 2.39. The molecule has 0 aromatic heterocycles. The van der Waals surface area contributed by atoms with Crippen LogP contribution < -0.4 is 11.5 Å². The van der Waals surface area contributed by atoms with Gasteiger partial charge >= 0.3 is 0 Å². The van der Waals surface area contributed by atoms with Crippen LogP contribution in [0, 0.1) is 0 Å². The van der Waals surface area contributed by atoms with E-state index in [1.165, 1.54) is 0 Å². The van der Waals surface area contributed by atoms with Crippen LogP contribution in [0.25, 0.3) is 0 Å². The topological polar surface area (TPSA) is 69.1 Å². The van der Waals surface area contributed by atoms with Gasteiger partial charge in [0.05, 0.1) is 6.04 Å². The Morgan fingerprint density at radius 2 is 2.08 bits per heavy atom. The van der Waals surface area contributed by atoms with Crippen LogP contribution in [0.5, 0.6) is 0 Å². The van der Waals surface area contributed by atoms with Gasteiger partial charge in [-0.05, 0) is 12.0 Å². The van der Waals surface area contributed by atoms with Gasteiger partial charge in [-0.1, -0.05) is 31.4 Å². The maximum atomic E-state index is 10.6. The Hall–Kier alpha value is -1.35. The van der Waals surface area contributed by atoms with E-state index >= 15 is 0 Å². The van der Waals surface area contributed by atoms with Crippen molar-refractivity contribution < 1.29 is 4.79 Å². The third-order valence-corrected chi connectivity index (χ3v) is 1.42. The zero-order valence-electron chi connectivity index (χ0n) is 6.99. The van der Waals surface area contributed by atoms with Gasteiger partial charge in [-0.15, -0.1) is 0 Å². The molecule has 0 bridgehead atoms. The molecule has 66 valence electrons. The summed E-state index contributed by atoms with van der Waals surface area (Å²) < 4.78 is 0. The van der Waals surface area contributed by atoms with Crippen molar-refractivity contribution in [2.24, 2.45) is 11.5 Å². The molecule has 0 spiro atoms. The van der Waals surface area contributed by atoms with E-state index in [2.05, 4.69) is 13.2 Å². The van der Waals surface area contributed by atoms with Crippen LogP contribution in [0.3, 0.4) is 0 Å². The Kier molecular flexibility index (Phi) is 4.72. The lowest BCUT2D eigenvalue weighted by Gasteiger charge is -2.06. The quantitative estimate of drug-likeness (QED) is 0.583. The van der Waals surface area contributed by atoms with E-state index in [0.717, 1.165) is 5.57 Å². The van der Waals surface area contributed by atoms with Crippen molar-refractivity contribution in [3.63, 3.8) is 0 Å². The summed E-state index contributed by atoms with van der Waals surface area (Å²) in [7, 11) is 0. The number of hydrogen-bond donors (Lipinski definition) is 2. The standard InChI is InChI=1S/C9H14N2O/c1-3-5-7(4-2)6-8(10)9(11)12/h3-5,8H,1-2,6,10H2,(H2,11,12)/b7-5+/t8-/m0/s1. The molecule has 3 nitrogen and oxygen atoms in total. The molecule has 1 atom stereocenters. The maximum Gasteiger partial charge on any atom is 0.234 e. The van der Waals surface area contributed by atoms with E-state index < -0.39 is 11.9 Å². The van der Waals surface area contributed by atoms with Gasteiger partial charge < -0.3 is 11.5 Å². The highest BCUT2D eigenvalue weighted by atomic mass is 16.1. The average molecular weight is 166 g/mol. The highest BCUT2D eigenvalue weighted by Crippen LogP contribution is 2.04. The highest BCUT2D eigenvalue weighted by Gasteiger charge is 2.09. The monoisotopic (exact) mass is 166 g/mol. The minimum atomic E-state index is -0.644. The molecule has 0 aliphatic carbocycles. The van der Waals surface area contributed by atoms with Crippen LogP contribution in [-0.2, 0) is 4.79 Å². The normalized spacial score (nSPS) is 13.6. The molecule has 0 aromatic rings. The number of allylic oxidation sites excluding steroid dienone is 3. The van der Waals surface area contributed by atoms with Gasteiger partial charge in [-0.2, -0.15) is 0 Å². The van der Waals surface area contributed by atoms with Gasteiger partial charge in [-0.3, -0.25) is 4.79 Å². The summed E-state index contributed by atoms with van der Waals surface area (Å²) in [5.41, 5.74) is 11.3. The largest absolute Gasteiger partial charge is 0.368 e. The first-order chi connectivity index (χ1) is 5.61. The molecule has 0 rings (SSSR count). The van der Waals surface area contributed by atoms with Crippen LogP contribution in [0.1, 0.15) is 6.42 Å². The molecule has 1 amide bonds. The lowest BCUT2D eigenvalue weighted by atomic mass is 10.1. The van der Waals surface area contributed by atoms with Crippen LogP contribution in [0.4, 0.5) is 0 Å². The molecule has 12 heavy (non-hydrogen) atoms. The number of carbonyl (C=O) groups excluding carboxylic acids is 1. The number of amides is 1. The molecule has 0 heterocycles. The second kappa shape index (κ2) is 5.32. The summed E-state index contributed by atoms with van der Waals surface area (Å²) in [5.74, 6) is -0.508. The third-order valence-electron chi connectivity index (χ3n) is 1.42. The predicted molar refractivity (Wildman–Crippen MR) is 50.3 cm³/mol. The fraction of sp³-hybridized carbons (Fsp3) is 0.222. The zero-order chi connectivity index (χ0) is 9.56. The van der Waals surface area contributed by atoms with Crippen LogP contribution >= 0.6 is 0 Å². The molecule has 0 fully saturated rings. The van der Waals surface area contributed by atoms with Crippen molar-refractivity contribution in [2.45, 2.75) is 12.5 Å². The summed E-state index contributed by atoms with van der Waals surface area (Å²) >= 11 is 0. The number of rotatable bonds is 5. The predicted octanol–water partition coefficient (Wildman–Crippen LogP) is 0.488. The minimum Gasteiger partial charge on any atom is -0.368 e. The molecule has 0 saturated carbocycles. The van der Waals surface area contributed by atoms with E-state index in [4.69, 9.17) is 11.5 Å². The summed E-state index contributed by atoms with van der Waals surface area (Å²) in [6.07, 6.45) is 5.40. The lowest BCUT2D eigenvalue weighted by molar-refractivity contribution is -0.119. The fourth-order valence-electron chi connectivity index (χ4n) is 0.725. The van der Waals surface area contributed by atoms with Crippen molar-refractivity contribution in [2.75, 3.05) is 0 Å². The first-order valence-corrected chi connectivity index (χ1v) is 3.60. The van der Waals surface area contributed by atoms with E-state index in [-0.39, 0.29) is 0 Å². The second-order valence-corrected chi connectivity index (χ2v) is 2.39. The van der Waals surface area contributed by atoms with Crippen LogP contribution in [0.15, 0.2) is 37.0 Å². The minimum absolute atomic E-state index is 0.408. The van der Waals surface area contributed by atoms with Gasteiger partial charge in [0, 0.05) is 0 Å². The van der Waals surface area contributed by atoms with Crippen LogP contribution in [-0.4, -0.2) is 11.9 Å². The maximum absolute atomic E-state index is 10.6. The summed E-state index contributed by atoms with van der Waals surface area (Å²) in [5, 5.41) is 0. The Bertz CT molecular complexity index is 219. The van der Waals surface area contributed by atoms with Gasteiger partial charge in [0.2, 0.25) is 5.91 Å². The average Bonchev–Trinajstić information content (AvgIpc) is 2.03. The van der Waals surface area contributed by atoms with Crippen molar-refractivity contribution in [1.82, 2.24) is 0 Å². The van der Waals surface area contributed by atoms with Crippen molar-refractivity contribution in [3.8, 4) is 0 Å². The van der Waals surface area contributed by atoms with E-state index in [1.807, 2.05) is 0 Å². The fourth-order valence-corrected chi connectivity index (χ4v) is 0.725. The Morgan fingerprint density at radius 1 is 1.50 bits per heavy atom. The zero-order valence-corrected chi connectivity index (χ0v) is 6.99. The van der Waals surface area contributed by atoms with E-state index in [9.17, 15) is 4.79 Å². The van der Waals surface area contributed by atoms with Gasteiger partial charge in [0.1, 0.15) is 0 Å². The molecular weight excluding hydrogens is 152 g/mol. The first kappa shape index (κ1) is 10.7. The summed E-state index contributed by atoms with van der Waals surface area (Å²) in [6.45, 7) is 7.09. The number of nitrogens with two attached hydrogens (primary N) is 2. The molecule has 0 radical (unpaired) electrons. The molecule has 0 saturated heterocycles. The number of hydrogen-bond acceptors (Lipinski definition) is 2. The molecule has 0 unspecified atom stereocenters. The van der Waals surface area contributed by atoms with Crippen molar-refractivity contribution in [3.05, 3.63) is 37.0 Å². The van der Waals surface area contributed by atoms with Crippen molar-refractivity contribution >= 4 is 5.91 Å². The molecule has 4 N–H and O–H groups in total. The smallest absolute Gasteiger partial charge is 0.234 e. The molecule has 3 heteroatoms. The Labute approximate surface area is 72.4 Å². The third kappa shape index (κ3) is 3.73. The van der Waals surface area contributed by atoms with E-state index in [0.29, 0.717) is 6.42 Å². The highest BCUT2D eigenvalue weighted by molar-refractivity contribution is 5.80. The van der Waals surface area contributed by atoms with Gasteiger partial charge in [0.15, 0.2) is 0 Å². The Morgan fingerprint density at radius 3 is 2.42 bits per heavy atom. The van der Waals surface area contributed by atoms with E-state index in [1.54, 1.807) is 18.2 Å². The lowest BCUT2D eigenvalue weighted by Crippen LogP contribution is -2.36. The summed E-state index contributed by atoms with van der Waals surface area (Å²) in [6, 6.07) is -0.644. The van der Waals surface area contributed by atoms with Gasteiger partial charge in [-0.25, -0.2) is 0 Å². The number of primary amides is 1. The number of carbonyl (C=O) groups is 1. The molecular formula is C9H14N2O. The summed E-state index contributed by atoms with van der Waals surface area (Å²) in [4.78, 5) is 10.6. The van der Waals surface area contributed by atoms with Crippen molar-refractivity contribution in [1.29, 1.82) is 0 Å². The van der Waals surface area contributed by atoms with Crippen LogP contribution in [0.2, 0.25) is 0 Å². The molecule has 0 aromatic carbocycles. The molecule has 0 aliphatic rings. The Balaban J connectivity index is 4.20. The van der Waals surface area contributed by atoms with Gasteiger partial charge in [0.25, 0.3) is 0 Å².